The molecule has 0 aliphatic heterocycles. The third-order valence-corrected chi connectivity index (χ3v) is 2.45. The van der Waals surface area contributed by atoms with Crippen molar-refractivity contribution in [1.82, 2.24) is 0 Å². The summed E-state index contributed by atoms with van der Waals surface area (Å²) >= 11 is 0. The summed E-state index contributed by atoms with van der Waals surface area (Å²) in [6.45, 7) is 2.04. The molecule has 86 valence electrons. The Kier molecular flexibility index (Phi) is 3.47. The standard InChI is InChI=1S/C13H13BO3/c1-10-3-2-4-12(9-10)11-5-7-13(8-6-11)17-14(15)16/h2-9,15-16H,1H3. The van der Waals surface area contributed by atoms with Crippen LogP contribution in [0, 0.1) is 6.92 Å². The highest BCUT2D eigenvalue weighted by molar-refractivity contribution is 6.33. The fourth-order valence-corrected chi connectivity index (χ4v) is 1.67. The van der Waals surface area contributed by atoms with Crippen LogP contribution in [0.4, 0.5) is 0 Å². The number of aryl methyl sites for hydroxylation is 1. The van der Waals surface area contributed by atoms with E-state index < -0.39 is 7.32 Å². The third-order valence-electron chi connectivity index (χ3n) is 2.45. The zero-order valence-corrected chi connectivity index (χ0v) is 9.50. The summed E-state index contributed by atoms with van der Waals surface area (Å²) in [5, 5.41) is 17.3. The van der Waals surface area contributed by atoms with Gasteiger partial charge in [0, 0.05) is 0 Å². The zero-order valence-electron chi connectivity index (χ0n) is 9.50. The molecule has 2 N–H and O–H groups in total. The van der Waals surface area contributed by atoms with E-state index in [1.54, 1.807) is 12.1 Å². The van der Waals surface area contributed by atoms with Crippen LogP contribution in [0.2, 0.25) is 0 Å². The lowest BCUT2D eigenvalue weighted by atomic mass is 10.0. The van der Waals surface area contributed by atoms with Gasteiger partial charge < -0.3 is 14.7 Å². The molecular formula is C13H13BO3. The van der Waals surface area contributed by atoms with Crippen molar-refractivity contribution in [2.75, 3.05) is 0 Å². The molecule has 0 heterocycles. The van der Waals surface area contributed by atoms with E-state index in [1.165, 1.54) is 5.56 Å². The number of hydrogen-bond acceptors (Lipinski definition) is 3. The van der Waals surface area contributed by atoms with Crippen LogP contribution in [0.25, 0.3) is 11.1 Å². The van der Waals surface area contributed by atoms with Gasteiger partial charge in [0.05, 0.1) is 0 Å². The first kappa shape index (κ1) is 11.7. The maximum atomic E-state index is 8.66. The predicted molar refractivity (Wildman–Crippen MR) is 67.4 cm³/mol. The van der Waals surface area contributed by atoms with Crippen LogP contribution < -0.4 is 4.65 Å². The molecule has 0 atom stereocenters. The van der Waals surface area contributed by atoms with E-state index in [1.807, 2.05) is 37.3 Å². The van der Waals surface area contributed by atoms with Gasteiger partial charge in [-0.25, -0.2) is 0 Å². The SMILES string of the molecule is Cc1cccc(-c2ccc(OB(O)O)cc2)c1. The lowest BCUT2D eigenvalue weighted by molar-refractivity contribution is 0.288. The molecule has 2 aromatic carbocycles. The van der Waals surface area contributed by atoms with Gasteiger partial charge in [0.25, 0.3) is 0 Å². The van der Waals surface area contributed by atoms with Crippen molar-refractivity contribution in [3.8, 4) is 16.9 Å². The van der Waals surface area contributed by atoms with Gasteiger partial charge in [0.15, 0.2) is 0 Å². The van der Waals surface area contributed by atoms with Gasteiger partial charge in [0.2, 0.25) is 0 Å². The highest BCUT2D eigenvalue weighted by Gasteiger charge is 2.10. The smallest absolute Gasteiger partial charge is 0.512 e. The Hall–Kier alpha value is -1.78. The fourth-order valence-electron chi connectivity index (χ4n) is 1.67. The molecule has 0 saturated heterocycles. The molecule has 3 nitrogen and oxygen atoms in total. The maximum Gasteiger partial charge on any atom is 0.707 e. The average Bonchev–Trinajstić information content (AvgIpc) is 2.29. The predicted octanol–water partition coefficient (Wildman–Crippen LogP) is 2.01. The van der Waals surface area contributed by atoms with Crippen LogP contribution >= 0.6 is 0 Å². The van der Waals surface area contributed by atoms with Crippen LogP contribution in [0.1, 0.15) is 5.56 Å². The number of hydrogen-bond donors (Lipinski definition) is 2. The van der Waals surface area contributed by atoms with E-state index in [0.717, 1.165) is 11.1 Å². The van der Waals surface area contributed by atoms with Crippen LogP contribution in [0.3, 0.4) is 0 Å². The maximum absolute atomic E-state index is 8.66. The van der Waals surface area contributed by atoms with E-state index in [2.05, 4.69) is 6.07 Å². The molecule has 0 radical (unpaired) electrons. The Bertz CT molecular complexity index is 494. The van der Waals surface area contributed by atoms with E-state index >= 15 is 0 Å². The second-order valence-electron chi connectivity index (χ2n) is 3.84. The quantitative estimate of drug-likeness (QED) is 0.790. The molecule has 17 heavy (non-hydrogen) atoms. The lowest BCUT2D eigenvalue weighted by Gasteiger charge is -2.06. The van der Waals surface area contributed by atoms with E-state index in [9.17, 15) is 0 Å². The molecule has 4 heteroatoms. The molecule has 2 aromatic rings. The number of rotatable bonds is 3. The molecule has 0 saturated carbocycles. The van der Waals surface area contributed by atoms with Crippen molar-refractivity contribution >= 4 is 7.32 Å². The summed E-state index contributed by atoms with van der Waals surface area (Å²) in [4.78, 5) is 0. The lowest BCUT2D eigenvalue weighted by Crippen LogP contribution is -2.20. The van der Waals surface area contributed by atoms with Gasteiger partial charge in [-0.2, -0.15) is 0 Å². The Morgan fingerprint density at radius 1 is 0.941 bits per heavy atom. The highest BCUT2D eigenvalue weighted by atomic mass is 16.6. The molecule has 0 aliphatic rings. The van der Waals surface area contributed by atoms with Gasteiger partial charge >= 0.3 is 7.32 Å². The minimum Gasteiger partial charge on any atom is -0.512 e. The summed E-state index contributed by atoms with van der Waals surface area (Å²) in [6.07, 6.45) is 0. The normalized spacial score (nSPS) is 10.1. The van der Waals surface area contributed by atoms with Gasteiger partial charge in [-0.15, -0.1) is 0 Å². The first-order valence-electron chi connectivity index (χ1n) is 5.35. The molecule has 0 spiro atoms. The molecule has 0 aliphatic carbocycles. The zero-order chi connectivity index (χ0) is 12.3. The first-order chi connectivity index (χ1) is 8.15. The molecule has 2 rings (SSSR count). The summed E-state index contributed by atoms with van der Waals surface area (Å²) in [7, 11) is -1.78. The van der Waals surface area contributed by atoms with E-state index in [0.29, 0.717) is 5.75 Å². The van der Waals surface area contributed by atoms with Gasteiger partial charge in [-0.3, -0.25) is 0 Å². The van der Waals surface area contributed by atoms with Gasteiger partial charge in [0.1, 0.15) is 5.75 Å². The number of benzene rings is 2. The fraction of sp³-hybridized carbons (Fsp3) is 0.0769. The summed E-state index contributed by atoms with van der Waals surface area (Å²) in [6, 6.07) is 15.4. The molecule has 0 amide bonds. The Balaban J connectivity index is 2.23. The van der Waals surface area contributed by atoms with Gasteiger partial charge in [-0.1, -0.05) is 42.0 Å². The highest BCUT2D eigenvalue weighted by Crippen LogP contribution is 2.23. The summed E-state index contributed by atoms with van der Waals surface area (Å²) in [5.41, 5.74) is 3.39. The van der Waals surface area contributed by atoms with Crippen molar-refractivity contribution in [2.45, 2.75) is 6.92 Å². The van der Waals surface area contributed by atoms with Gasteiger partial charge in [-0.05, 0) is 30.2 Å². The second kappa shape index (κ2) is 5.04. The third kappa shape index (κ3) is 3.09. The van der Waals surface area contributed by atoms with Crippen molar-refractivity contribution in [3.05, 3.63) is 54.1 Å². The molecule has 0 fully saturated rings. The Morgan fingerprint density at radius 2 is 1.65 bits per heavy atom. The van der Waals surface area contributed by atoms with E-state index in [-0.39, 0.29) is 0 Å². The van der Waals surface area contributed by atoms with Crippen molar-refractivity contribution < 1.29 is 14.7 Å². The molecule has 0 bridgehead atoms. The average molecular weight is 228 g/mol. The van der Waals surface area contributed by atoms with Crippen molar-refractivity contribution in [2.24, 2.45) is 0 Å². The van der Waals surface area contributed by atoms with E-state index in [4.69, 9.17) is 14.7 Å². The van der Waals surface area contributed by atoms with Crippen LogP contribution in [-0.4, -0.2) is 17.4 Å². The van der Waals surface area contributed by atoms with Crippen LogP contribution in [0.15, 0.2) is 48.5 Å². The largest absolute Gasteiger partial charge is 0.707 e. The minimum atomic E-state index is -1.78. The Labute approximate surface area is 100 Å². The van der Waals surface area contributed by atoms with Crippen molar-refractivity contribution in [3.63, 3.8) is 0 Å². The molecule has 0 unspecified atom stereocenters. The van der Waals surface area contributed by atoms with Crippen LogP contribution in [0.5, 0.6) is 5.75 Å². The topological polar surface area (TPSA) is 49.7 Å². The monoisotopic (exact) mass is 228 g/mol. The first-order valence-corrected chi connectivity index (χ1v) is 5.35. The summed E-state index contributed by atoms with van der Waals surface area (Å²) in [5.74, 6) is 0.427. The van der Waals surface area contributed by atoms with Crippen LogP contribution in [-0.2, 0) is 0 Å². The minimum absolute atomic E-state index is 0.427. The van der Waals surface area contributed by atoms with Crippen molar-refractivity contribution in [1.29, 1.82) is 0 Å². The second-order valence-corrected chi connectivity index (χ2v) is 3.84. The Morgan fingerprint density at radius 3 is 2.24 bits per heavy atom. The molecule has 0 aromatic heterocycles. The summed E-state index contributed by atoms with van der Waals surface area (Å²) < 4.78 is 4.74. The molecular weight excluding hydrogens is 215 g/mol.